The molecule has 0 saturated heterocycles. The van der Waals surface area contributed by atoms with Gasteiger partial charge in [-0.25, -0.2) is 5.43 Å². The van der Waals surface area contributed by atoms with Crippen molar-refractivity contribution in [3.63, 3.8) is 0 Å². The second-order valence-corrected chi connectivity index (χ2v) is 9.03. The summed E-state index contributed by atoms with van der Waals surface area (Å²) >= 11 is 6.30. The molecule has 0 fully saturated rings. The lowest BCUT2D eigenvalue weighted by molar-refractivity contribution is 0.0955. The van der Waals surface area contributed by atoms with Crippen LogP contribution in [0.2, 0.25) is 5.02 Å². The Morgan fingerprint density at radius 3 is 2.30 bits per heavy atom. The predicted octanol–water partition coefficient (Wildman–Crippen LogP) is 6.12. The van der Waals surface area contributed by atoms with Crippen LogP contribution < -0.4 is 5.43 Å². The van der Waals surface area contributed by atoms with E-state index in [1.54, 1.807) is 6.21 Å². The molecular weight excluding hydrogens is 394 g/mol. The van der Waals surface area contributed by atoms with E-state index in [1.165, 1.54) is 5.56 Å². The molecule has 0 atom stereocenters. The number of hydrogen-bond donors (Lipinski definition) is 1. The number of aromatic nitrogens is 1. The molecule has 1 heterocycles. The lowest BCUT2D eigenvalue weighted by atomic mass is 9.87. The van der Waals surface area contributed by atoms with Crippen LogP contribution in [0.15, 0.2) is 53.6 Å². The maximum atomic E-state index is 12.4. The van der Waals surface area contributed by atoms with Crippen LogP contribution in [0.3, 0.4) is 0 Å². The fourth-order valence-electron chi connectivity index (χ4n) is 3.38. The number of rotatable bonds is 4. The van der Waals surface area contributed by atoms with Crippen LogP contribution in [0.25, 0.3) is 5.69 Å². The molecule has 0 saturated carbocycles. The monoisotopic (exact) mass is 421 g/mol. The number of hydrazone groups is 1. The number of benzene rings is 2. The highest BCUT2D eigenvalue weighted by molar-refractivity contribution is 6.31. The van der Waals surface area contributed by atoms with Crippen LogP contribution in [0.1, 0.15) is 59.2 Å². The zero-order valence-electron chi connectivity index (χ0n) is 18.4. The van der Waals surface area contributed by atoms with Gasteiger partial charge in [-0.15, -0.1) is 0 Å². The van der Waals surface area contributed by atoms with Gasteiger partial charge in [0.05, 0.1) is 6.21 Å². The largest absolute Gasteiger partial charge is 0.318 e. The summed E-state index contributed by atoms with van der Waals surface area (Å²) in [7, 11) is 0. The number of carbonyl (C=O) groups is 1. The fourth-order valence-corrected chi connectivity index (χ4v) is 3.56. The van der Waals surface area contributed by atoms with Crippen molar-refractivity contribution in [1.82, 2.24) is 9.99 Å². The van der Waals surface area contributed by atoms with Gasteiger partial charge in [-0.3, -0.25) is 4.79 Å². The van der Waals surface area contributed by atoms with E-state index in [2.05, 4.69) is 35.9 Å². The van der Waals surface area contributed by atoms with Crippen LogP contribution in [-0.4, -0.2) is 16.7 Å². The minimum Gasteiger partial charge on any atom is -0.318 e. The molecule has 0 aliphatic rings. The second kappa shape index (κ2) is 8.49. The van der Waals surface area contributed by atoms with Crippen molar-refractivity contribution < 1.29 is 4.79 Å². The maximum Gasteiger partial charge on any atom is 0.271 e. The van der Waals surface area contributed by atoms with Crippen molar-refractivity contribution in [2.24, 2.45) is 5.10 Å². The molecule has 0 aliphatic carbocycles. The molecule has 2 aromatic carbocycles. The van der Waals surface area contributed by atoms with Gasteiger partial charge in [0.25, 0.3) is 5.91 Å². The van der Waals surface area contributed by atoms with Crippen molar-refractivity contribution in [3.05, 3.63) is 87.2 Å². The average molecular weight is 422 g/mol. The minimum absolute atomic E-state index is 0.0530. The van der Waals surface area contributed by atoms with Crippen LogP contribution in [0, 0.1) is 20.8 Å². The van der Waals surface area contributed by atoms with E-state index in [4.69, 9.17) is 11.6 Å². The van der Waals surface area contributed by atoms with Gasteiger partial charge in [0.2, 0.25) is 0 Å². The van der Waals surface area contributed by atoms with Crippen LogP contribution in [0.4, 0.5) is 0 Å². The number of halogens is 1. The third kappa shape index (κ3) is 4.65. The van der Waals surface area contributed by atoms with Gasteiger partial charge >= 0.3 is 0 Å². The summed E-state index contributed by atoms with van der Waals surface area (Å²) in [6.45, 7) is 12.5. The molecule has 3 aromatic rings. The first-order valence-electron chi connectivity index (χ1n) is 9.97. The maximum absolute atomic E-state index is 12.4. The molecule has 5 heteroatoms. The molecular formula is C25H28ClN3O. The SMILES string of the molecule is Cc1ccc(-n2c(C)cc(/C=N\NC(=O)c3ccc(C(C)(C)C)cc3)c2C)cc1Cl. The van der Waals surface area contributed by atoms with Gasteiger partial charge < -0.3 is 4.57 Å². The van der Waals surface area contributed by atoms with E-state index in [1.807, 2.05) is 69.3 Å². The molecule has 3 rings (SSSR count). The standard InChI is InChI=1S/C25H28ClN3O/c1-16-7-12-22(14-23(16)26)29-17(2)13-20(18(29)3)15-27-28-24(30)19-8-10-21(11-9-19)25(4,5)6/h7-15H,1-6H3,(H,28,30)/b27-15-. The predicted molar refractivity (Wildman–Crippen MR) is 125 cm³/mol. The van der Waals surface area contributed by atoms with Gasteiger partial charge in [-0.2, -0.15) is 5.10 Å². The van der Waals surface area contributed by atoms with Crippen molar-refractivity contribution in [2.45, 2.75) is 47.0 Å². The topological polar surface area (TPSA) is 46.4 Å². The molecule has 0 aliphatic heterocycles. The van der Waals surface area contributed by atoms with Crippen LogP contribution in [-0.2, 0) is 5.41 Å². The average Bonchev–Trinajstić information content (AvgIpc) is 2.97. The number of carbonyl (C=O) groups excluding carboxylic acids is 1. The van der Waals surface area contributed by atoms with E-state index in [-0.39, 0.29) is 11.3 Å². The minimum atomic E-state index is -0.231. The molecule has 0 spiro atoms. The Kier molecular flexibility index (Phi) is 6.18. The van der Waals surface area contributed by atoms with Gasteiger partial charge in [0.15, 0.2) is 0 Å². The number of aryl methyl sites for hydroxylation is 2. The molecule has 156 valence electrons. The Labute approximate surface area is 183 Å². The molecule has 1 N–H and O–H groups in total. The fraction of sp³-hybridized carbons (Fsp3) is 0.280. The first-order chi connectivity index (χ1) is 14.1. The Balaban J connectivity index is 1.75. The quantitative estimate of drug-likeness (QED) is 0.400. The smallest absolute Gasteiger partial charge is 0.271 e. The molecule has 0 unspecified atom stereocenters. The summed E-state index contributed by atoms with van der Waals surface area (Å²) in [6, 6.07) is 15.7. The van der Waals surface area contributed by atoms with Crippen molar-refractivity contribution in [3.8, 4) is 5.69 Å². The summed E-state index contributed by atoms with van der Waals surface area (Å²) in [6.07, 6.45) is 1.68. The summed E-state index contributed by atoms with van der Waals surface area (Å²) in [5, 5.41) is 4.90. The molecule has 4 nitrogen and oxygen atoms in total. The lowest BCUT2D eigenvalue weighted by Gasteiger charge is -2.18. The van der Waals surface area contributed by atoms with Gasteiger partial charge in [0, 0.05) is 33.2 Å². The first kappa shape index (κ1) is 21.8. The zero-order chi connectivity index (χ0) is 22.1. The van der Waals surface area contributed by atoms with E-state index < -0.39 is 0 Å². The first-order valence-corrected chi connectivity index (χ1v) is 10.3. The van der Waals surface area contributed by atoms with Gasteiger partial charge in [0.1, 0.15) is 0 Å². The van der Waals surface area contributed by atoms with Crippen molar-refractivity contribution in [1.29, 1.82) is 0 Å². The van der Waals surface area contributed by atoms with Crippen molar-refractivity contribution in [2.75, 3.05) is 0 Å². The number of hydrogen-bond acceptors (Lipinski definition) is 2. The zero-order valence-corrected chi connectivity index (χ0v) is 19.1. The normalized spacial score (nSPS) is 11.8. The summed E-state index contributed by atoms with van der Waals surface area (Å²) in [5.41, 5.74) is 9.52. The number of nitrogens with one attached hydrogen (secondary N) is 1. The third-order valence-corrected chi connectivity index (χ3v) is 5.67. The van der Waals surface area contributed by atoms with Gasteiger partial charge in [-0.1, -0.05) is 50.6 Å². The highest BCUT2D eigenvalue weighted by Gasteiger charge is 2.14. The molecule has 0 radical (unpaired) electrons. The summed E-state index contributed by atoms with van der Waals surface area (Å²) in [5.74, 6) is -0.231. The number of nitrogens with zero attached hydrogens (tertiary/aromatic N) is 2. The Morgan fingerprint density at radius 1 is 1.03 bits per heavy atom. The second-order valence-electron chi connectivity index (χ2n) is 8.62. The van der Waals surface area contributed by atoms with E-state index in [9.17, 15) is 4.79 Å². The van der Waals surface area contributed by atoms with Crippen LogP contribution in [0.5, 0.6) is 0 Å². The van der Waals surface area contributed by atoms with Crippen molar-refractivity contribution >= 4 is 23.7 Å². The lowest BCUT2D eigenvalue weighted by Crippen LogP contribution is -2.18. The Morgan fingerprint density at radius 2 is 1.70 bits per heavy atom. The molecule has 1 amide bonds. The van der Waals surface area contributed by atoms with Gasteiger partial charge in [-0.05, 0) is 67.6 Å². The highest BCUT2D eigenvalue weighted by atomic mass is 35.5. The van der Waals surface area contributed by atoms with Crippen LogP contribution >= 0.6 is 11.6 Å². The Hall–Kier alpha value is -2.85. The van der Waals surface area contributed by atoms with E-state index in [0.717, 1.165) is 33.2 Å². The third-order valence-electron chi connectivity index (χ3n) is 5.27. The van der Waals surface area contributed by atoms with E-state index in [0.29, 0.717) is 5.56 Å². The molecule has 1 aromatic heterocycles. The summed E-state index contributed by atoms with van der Waals surface area (Å²) < 4.78 is 2.12. The molecule has 30 heavy (non-hydrogen) atoms. The number of amides is 1. The summed E-state index contributed by atoms with van der Waals surface area (Å²) in [4.78, 5) is 12.4. The Bertz CT molecular complexity index is 1100. The molecule has 0 bridgehead atoms. The highest BCUT2D eigenvalue weighted by Crippen LogP contribution is 2.24. The van der Waals surface area contributed by atoms with E-state index >= 15 is 0 Å².